The van der Waals surface area contributed by atoms with Crippen LogP contribution in [0, 0.1) is 0 Å². The normalized spacial score (nSPS) is 12.9. The molecule has 0 aromatic carbocycles. The molecule has 1 rings (SSSR count). The van der Waals surface area contributed by atoms with E-state index in [0.29, 0.717) is 0 Å². The molecule has 0 spiro atoms. The average Bonchev–Trinajstić information content (AvgIpc) is 2.15. The molecule has 0 aliphatic rings. The summed E-state index contributed by atoms with van der Waals surface area (Å²) in [5.41, 5.74) is 4.92. The van der Waals surface area contributed by atoms with E-state index in [4.69, 9.17) is 5.73 Å². The van der Waals surface area contributed by atoms with Crippen molar-refractivity contribution in [3.63, 3.8) is 0 Å². The van der Waals surface area contributed by atoms with Crippen molar-refractivity contribution in [2.45, 2.75) is 12.2 Å². The number of hydrogen-bond donors (Lipinski definition) is 1. The van der Waals surface area contributed by atoms with Crippen LogP contribution in [0.2, 0.25) is 0 Å². The van der Waals surface area contributed by atoms with Gasteiger partial charge in [0.15, 0.2) is 0 Å². The molecule has 0 aliphatic heterocycles. The maximum Gasteiger partial charge on any atom is 0.407 e. The lowest BCUT2D eigenvalue weighted by Gasteiger charge is -2.15. The van der Waals surface area contributed by atoms with E-state index in [9.17, 15) is 13.2 Å². The summed E-state index contributed by atoms with van der Waals surface area (Å²) in [5.74, 6) is 0.113. The fourth-order valence-electron chi connectivity index (χ4n) is 0.919. The summed E-state index contributed by atoms with van der Waals surface area (Å²) >= 11 is 0. The molecule has 2 N–H and O–H groups in total. The molecule has 7 heteroatoms. The number of methoxy groups -OCH3 is 1. The van der Waals surface area contributed by atoms with Gasteiger partial charge in [-0.15, -0.1) is 12.4 Å². The Labute approximate surface area is 90.8 Å². The molecule has 1 heterocycles. The Morgan fingerprint density at radius 1 is 1.47 bits per heavy atom. The number of halogens is 4. The summed E-state index contributed by atoms with van der Waals surface area (Å²) in [6.45, 7) is 0. The van der Waals surface area contributed by atoms with E-state index in [1.165, 1.54) is 19.4 Å². The van der Waals surface area contributed by atoms with Crippen LogP contribution >= 0.6 is 12.4 Å². The van der Waals surface area contributed by atoms with E-state index in [2.05, 4.69) is 9.72 Å². The molecule has 0 radical (unpaired) electrons. The number of aromatic nitrogens is 1. The van der Waals surface area contributed by atoms with Crippen molar-refractivity contribution < 1.29 is 17.9 Å². The Hall–Kier alpha value is -1.01. The molecule has 86 valence electrons. The van der Waals surface area contributed by atoms with Gasteiger partial charge in [-0.25, -0.2) is 4.98 Å². The Morgan fingerprint density at radius 3 is 2.53 bits per heavy atom. The minimum Gasteiger partial charge on any atom is -0.481 e. The van der Waals surface area contributed by atoms with Gasteiger partial charge in [0.1, 0.15) is 6.04 Å². The van der Waals surface area contributed by atoms with Crippen molar-refractivity contribution in [1.82, 2.24) is 4.98 Å². The third-order valence-corrected chi connectivity index (χ3v) is 1.68. The largest absolute Gasteiger partial charge is 0.481 e. The van der Waals surface area contributed by atoms with Crippen LogP contribution in [-0.2, 0) is 0 Å². The SMILES string of the molecule is COc1cc([C@@H](N)C(F)(F)F)ccn1.Cl. The molecule has 0 amide bonds. The summed E-state index contributed by atoms with van der Waals surface area (Å²) in [4.78, 5) is 3.68. The van der Waals surface area contributed by atoms with Crippen LogP contribution in [-0.4, -0.2) is 18.3 Å². The van der Waals surface area contributed by atoms with Crippen LogP contribution in [0.5, 0.6) is 5.88 Å². The predicted molar refractivity (Wildman–Crippen MR) is 51.0 cm³/mol. The highest BCUT2D eigenvalue weighted by Gasteiger charge is 2.37. The zero-order chi connectivity index (χ0) is 10.8. The van der Waals surface area contributed by atoms with Gasteiger partial charge in [0.05, 0.1) is 7.11 Å². The van der Waals surface area contributed by atoms with E-state index in [-0.39, 0.29) is 23.9 Å². The summed E-state index contributed by atoms with van der Waals surface area (Å²) in [6.07, 6.45) is -3.23. The summed E-state index contributed by atoms with van der Waals surface area (Å²) in [5, 5.41) is 0. The monoisotopic (exact) mass is 242 g/mol. The van der Waals surface area contributed by atoms with Crippen molar-refractivity contribution in [1.29, 1.82) is 0 Å². The van der Waals surface area contributed by atoms with Gasteiger partial charge in [0.2, 0.25) is 5.88 Å². The molecule has 0 saturated carbocycles. The Morgan fingerprint density at radius 2 is 2.07 bits per heavy atom. The summed E-state index contributed by atoms with van der Waals surface area (Å²) < 4.78 is 41.2. The van der Waals surface area contributed by atoms with E-state index in [1.807, 2.05) is 0 Å². The van der Waals surface area contributed by atoms with Crippen molar-refractivity contribution in [2.75, 3.05) is 7.11 Å². The maximum atomic E-state index is 12.2. The Bertz CT molecular complexity index is 319. The van der Waals surface area contributed by atoms with Gasteiger partial charge in [-0.2, -0.15) is 13.2 Å². The van der Waals surface area contributed by atoms with Crippen molar-refractivity contribution in [3.05, 3.63) is 23.9 Å². The van der Waals surface area contributed by atoms with Crippen LogP contribution in [0.15, 0.2) is 18.3 Å². The lowest BCUT2D eigenvalue weighted by Crippen LogP contribution is -2.28. The van der Waals surface area contributed by atoms with Crippen molar-refractivity contribution >= 4 is 12.4 Å². The third-order valence-electron chi connectivity index (χ3n) is 1.68. The number of nitrogens with zero attached hydrogens (tertiary/aromatic N) is 1. The minimum absolute atomic E-state index is 0. The first-order valence-corrected chi connectivity index (χ1v) is 3.77. The van der Waals surface area contributed by atoms with Crippen molar-refractivity contribution in [2.24, 2.45) is 5.73 Å². The van der Waals surface area contributed by atoms with Crippen LogP contribution in [0.25, 0.3) is 0 Å². The lowest BCUT2D eigenvalue weighted by atomic mass is 10.1. The van der Waals surface area contributed by atoms with Gasteiger partial charge in [-0.3, -0.25) is 0 Å². The smallest absolute Gasteiger partial charge is 0.407 e. The molecule has 15 heavy (non-hydrogen) atoms. The van der Waals surface area contributed by atoms with Crippen LogP contribution < -0.4 is 10.5 Å². The van der Waals surface area contributed by atoms with Gasteiger partial charge >= 0.3 is 6.18 Å². The second kappa shape index (κ2) is 5.18. The topological polar surface area (TPSA) is 48.1 Å². The fraction of sp³-hybridized carbons (Fsp3) is 0.375. The molecule has 1 aromatic heterocycles. The molecular formula is C8H10ClF3N2O. The Balaban J connectivity index is 0.00000196. The first-order valence-electron chi connectivity index (χ1n) is 3.77. The first kappa shape index (κ1) is 14.0. The predicted octanol–water partition coefficient (Wildman–Crippen LogP) is 2.07. The van der Waals surface area contributed by atoms with Gasteiger partial charge in [0.25, 0.3) is 0 Å². The van der Waals surface area contributed by atoms with Gasteiger partial charge in [0, 0.05) is 12.3 Å². The highest BCUT2D eigenvalue weighted by Crippen LogP contribution is 2.30. The number of pyridine rings is 1. The molecule has 1 aromatic rings. The van der Waals surface area contributed by atoms with E-state index >= 15 is 0 Å². The standard InChI is InChI=1S/C8H9F3N2O.ClH/c1-14-6-4-5(2-3-13-6)7(12)8(9,10)11;/h2-4,7H,12H2,1H3;1H/t7-;/m1./s1. The number of ether oxygens (including phenoxy) is 1. The quantitative estimate of drug-likeness (QED) is 0.864. The highest BCUT2D eigenvalue weighted by molar-refractivity contribution is 5.85. The summed E-state index contributed by atoms with van der Waals surface area (Å²) in [6, 6.07) is 0.373. The molecule has 0 aliphatic carbocycles. The molecule has 0 bridgehead atoms. The van der Waals surface area contributed by atoms with E-state index in [0.717, 1.165) is 6.07 Å². The van der Waals surface area contributed by atoms with E-state index in [1.54, 1.807) is 0 Å². The summed E-state index contributed by atoms with van der Waals surface area (Å²) in [7, 11) is 1.32. The van der Waals surface area contributed by atoms with Crippen LogP contribution in [0.1, 0.15) is 11.6 Å². The van der Waals surface area contributed by atoms with E-state index < -0.39 is 12.2 Å². The van der Waals surface area contributed by atoms with Gasteiger partial charge < -0.3 is 10.5 Å². The molecule has 0 fully saturated rings. The molecule has 1 atom stereocenters. The first-order chi connectivity index (χ1) is 6.45. The minimum atomic E-state index is -4.45. The number of alkyl halides is 3. The maximum absolute atomic E-state index is 12.2. The second-order valence-corrected chi connectivity index (χ2v) is 2.65. The van der Waals surface area contributed by atoms with Crippen LogP contribution in [0.4, 0.5) is 13.2 Å². The van der Waals surface area contributed by atoms with Gasteiger partial charge in [-0.05, 0) is 11.6 Å². The number of hydrogen-bond acceptors (Lipinski definition) is 3. The molecule has 0 saturated heterocycles. The second-order valence-electron chi connectivity index (χ2n) is 2.65. The van der Waals surface area contributed by atoms with Gasteiger partial charge in [-0.1, -0.05) is 0 Å². The van der Waals surface area contributed by atoms with Crippen molar-refractivity contribution in [3.8, 4) is 5.88 Å². The number of rotatable bonds is 2. The third kappa shape index (κ3) is 3.56. The van der Waals surface area contributed by atoms with Crippen LogP contribution in [0.3, 0.4) is 0 Å². The highest BCUT2D eigenvalue weighted by atomic mass is 35.5. The Kier molecular flexibility index (Phi) is 4.83. The molecule has 3 nitrogen and oxygen atoms in total. The lowest BCUT2D eigenvalue weighted by molar-refractivity contribution is -0.149. The fourth-order valence-corrected chi connectivity index (χ4v) is 0.919. The number of nitrogens with two attached hydrogens (primary N) is 1. The average molecular weight is 243 g/mol. The molecule has 0 unspecified atom stereocenters. The zero-order valence-corrected chi connectivity index (χ0v) is 8.60. The zero-order valence-electron chi connectivity index (χ0n) is 7.78. The molecular weight excluding hydrogens is 233 g/mol.